The number of hydrogen-bond acceptors (Lipinski definition) is 7. The Morgan fingerprint density at radius 2 is 1.82 bits per heavy atom. The molecule has 0 spiro atoms. The molecule has 1 aliphatic heterocycles. The lowest BCUT2D eigenvalue weighted by molar-refractivity contribution is 0.0998. The van der Waals surface area contributed by atoms with E-state index in [9.17, 15) is 9.59 Å². The first-order valence-corrected chi connectivity index (χ1v) is 12.9. The van der Waals surface area contributed by atoms with Crippen molar-refractivity contribution in [3.8, 4) is 16.9 Å². The number of piperazine rings is 1. The van der Waals surface area contributed by atoms with Crippen molar-refractivity contribution >= 4 is 22.6 Å². The molecule has 3 heterocycles. The molecule has 0 atom stereocenters. The number of primary amides is 1. The second kappa shape index (κ2) is 10.6. The Morgan fingerprint density at radius 1 is 1.13 bits per heavy atom. The van der Waals surface area contributed by atoms with Crippen molar-refractivity contribution in [3.63, 3.8) is 0 Å². The van der Waals surface area contributed by atoms with E-state index in [0.29, 0.717) is 28.8 Å². The molecule has 2 aromatic heterocycles. The summed E-state index contributed by atoms with van der Waals surface area (Å²) < 4.78 is 17.1. The van der Waals surface area contributed by atoms with Crippen molar-refractivity contribution in [3.05, 3.63) is 69.3 Å². The van der Waals surface area contributed by atoms with Crippen molar-refractivity contribution in [2.75, 3.05) is 58.8 Å². The third-order valence-corrected chi connectivity index (χ3v) is 7.27. The third kappa shape index (κ3) is 5.15. The molecule has 2 aromatic carbocycles. The van der Waals surface area contributed by atoms with Crippen molar-refractivity contribution in [2.24, 2.45) is 5.73 Å². The lowest BCUT2D eigenvalue weighted by Gasteiger charge is -2.34. The van der Waals surface area contributed by atoms with Crippen molar-refractivity contribution < 1.29 is 9.18 Å². The van der Waals surface area contributed by atoms with E-state index < -0.39 is 17.3 Å². The molecule has 39 heavy (non-hydrogen) atoms. The van der Waals surface area contributed by atoms with Crippen LogP contribution in [0.1, 0.15) is 21.5 Å². The number of amides is 1. The number of fused-ring (bicyclic) bond motifs is 1. The number of rotatable bonds is 7. The van der Waals surface area contributed by atoms with Gasteiger partial charge in [0, 0.05) is 61.2 Å². The molecule has 0 bridgehead atoms. The molecule has 1 fully saturated rings. The van der Waals surface area contributed by atoms with E-state index in [1.165, 1.54) is 12.1 Å². The van der Waals surface area contributed by atoms with Crippen LogP contribution >= 0.6 is 0 Å². The molecule has 11 heteroatoms. The van der Waals surface area contributed by atoms with Crippen LogP contribution < -0.4 is 16.2 Å². The molecule has 1 aliphatic rings. The van der Waals surface area contributed by atoms with E-state index in [0.717, 1.165) is 42.1 Å². The highest BCUT2D eigenvalue weighted by Crippen LogP contribution is 2.29. The molecule has 10 nitrogen and oxygen atoms in total. The highest BCUT2D eigenvalue weighted by Gasteiger charge is 2.23. The van der Waals surface area contributed by atoms with Gasteiger partial charge >= 0.3 is 0 Å². The quantitative estimate of drug-likeness (QED) is 0.375. The van der Waals surface area contributed by atoms with Crippen LogP contribution in [0, 0.1) is 12.7 Å². The second-order valence-electron chi connectivity index (χ2n) is 10.4. The van der Waals surface area contributed by atoms with Crippen LogP contribution in [0.5, 0.6) is 0 Å². The molecule has 4 aromatic rings. The fourth-order valence-electron chi connectivity index (χ4n) is 5.01. The minimum absolute atomic E-state index is 0.00165. The van der Waals surface area contributed by atoms with Crippen LogP contribution in [0.3, 0.4) is 0 Å². The number of H-pyrrole nitrogens is 1. The van der Waals surface area contributed by atoms with Crippen LogP contribution in [-0.2, 0) is 6.42 Å². The highest BCUT2D eigenvalue weighted by atomic mass is 19.1. The molecular weight excluding hydrogens is 499 g/mol. The molecule has 5 rings (SSSR count). The lowest BCUT2D eigenvalue weighted by atomic mass is 9.98. The molecule has 1 saturated heterocycles. The van der Waals surface area contributed by atoms with Crippen LogP contribution in [0.15, 0.2) is 41.2 Å². The number of likely N-dealkylation sites (N-methyl/N-ethyl adjacent to an activating group) is 2. The zero-order chi connectivity index (χ0) is 27.8. The summed E-state index contributed by atoms with van der Waals surface area (Å²) in [6, 6.07) is 11.0. The first-order valence-electron chi connectivity index (χ1n) is 12.9. The highest BCUT2D eigenvalue weighted by molar-refractivity contribution is 5.95. The average Bonchev–Trinajstić information content (AvgIpc) is 3.31. The van der Waals surface area contributed by atoms with E-state index in [1.54, 1.807) is 6.92 Å². The zero-order valence-electron chi connectivity index (χ0n) is 22.7. The molecule has 0 saturated carbocycles. The number of carbonyl (C=O) groups is 1. The fourth-order valence-corrected chi connectivity index (χ4v) is 5.01. The number of nitrogens with zero attached hydrogens (tertiary/aromatic N) is 6. The number of hydrogen-bond donors (Lipinski definition) is 2. The van der Waals surface area contributed by atoms with Gasteiger partial charge in [0.05, 0.1) is 5.52 Å². The van der Waals surface area contributed by atoms with Gasteiger partial charge in [-0.25, -0.2) is 4.39 Å². The Bertz CT molecular complexity index is 1580. The number of aromatic amines is 1. The smallest absolute Gasteiger partial charge is 0.273 e. The number of aryl methyl sites for hydroxylation is 1. The summed E-state index contributed by atoms with van der Waals surface area (Å²) in [6.07, 6.45) is 0.248. The summed E-state index contributed by atoms with van der Waals surface area (Å²) in [5.74, 6) is -1.40. The maximum atomic E-state index is 16.0. The average molecular weight is 533 g/mol. The number of nitrogens with one attached hydrogen (secondary N) is 1. The molecular formula is C28H33FN8O2. The van der Waals surface area contributed by atoms with Gasteiger partial charge in [0.15, 0.2) is 5.82 Å². The maximum absolute atomic E-state index is 16.0. The van der Waals surface area contributed by atoms with E-state index in [4.69, 9.17) is 5.73 Å². The van der Waals surface area contributed by atoms with Gasteiger partial charge < -0.3 is 20.4 Å². The van der Waals surface area contributed by atoms with Crippen LogP contribution in [0.4, 0.5) is 10.1 Å². The molecule has 204 valence electrons. The molecule has 0 radical (unpaired) electrons. The first-order chi connectivity index (χ1) is 18.6. The molecule has 1 amide bonds. The van der Waals surface area contributed by atoms with Gasteiger partial charge in [-0.05, 0) is 58.3 Å². The van der Waals surface area contributed by atoms with Gasteiger partial charge in [0.1, 0.15) is 16.9 Å². The van der Waals surface area contributed by atoms with Crippen molar-refractivity contribution in [2.45, 2.75) is 13.3 Å². The van der Waals surface area contributed by atoms with Gasteiger partial charge in [-0.1, -0.05) is 12.1 Å². The fraction of sp³-hybridized carbons (Fsp3) is 0.357. The van der Waals surface area contributed by atoms with Crippen LogP contribution in [0.2, 0.25) is 0 Å². The van der Waals surface area contributed by atoms with Gasteiger partial charge in [0.25, 0.3) is 5.56 Å². The summed E-state index contributed by atoms with van der Waals surface area (Å²) in [4.78, 5) is 31.7. The lowest BCUT2D eigenvalue weighted by Crippen LogP contribution is -2.44. The number of benzene rings is 2. The van der Waals surface area contributed by atoms with Gasteiger partial charge in [0.2, 0.25) is 5.91 Å². The second-order valence-corrected chi connectivity index (χ2v) is 10.4. The van der Waals surface area contributed by atoms with E-state index in [-0.39, 0.29) is 23.2 Å². The normalized spacial score (nSPS) is 14.5. The SMILES string of the molecule is Cc1cc(C(N)=O)c(CCN(C)C)c(F)c1-n1nc2c(-c3ccc(N4CCN(C)CC4)cc3)n[nH]c2cc1=O. The minimum atomic E-state index is -0.717. The number of aromatic nitrogens is 4. The van der Waals surface area contributed by atoms with Crippen molar-refractivity contribution in [1.29, 1.82) is 0 Å². The number of nitrogens with two attached hydrogens (primary N) is 1. The topological polar surface area (TPSA) is 116 Å². The first kappa shape index (κ1) is 26.5. The van der Waals surface area contributed by atoms with Crippen LogP contribution in [0.25, 0.3) is 28.0 Å². The standard InChI is InChI=1S/C28H33FN8O2/c1-17-15-21(28(30)39)20(9-10-34(2)3)24(29)27(17)37-23(38)16-22-26(33-37)25(32-31-22)18-5-7-19(8-6-18)36-13-11-35(4)12-14-36/h5-8,15-16,31H,9-14H2,1-4H3,(H2,30,39). The largest absolute Gasteiger partial charge is 0.369 e. The monoisotopic (exact) mass is 532 g/mol. The molecule has 0 aliphatic carbocycles. The predicted octanol–water partition coefficient (Wildman–Crippen LogP) is 2.18. The Morgan fingerprint density at radius 3 is 2.46 bits per heavy atom. The Kier molecular flexibility index (Phi) is 7.19. The van der Waals surface area contributed by atoms with Gasteiger partial charge in [-0.3, -0.25) is 14.7 Å². The summed E-state index contributed by atoms with van der Waals surface area (Å²) in [6.45, 7) is 6.08. The molecule has 3 N–H and O–H groups in total. The third-order valence-electron chi connectivity index (χ3n) is 7.27. The van der Waals surface area contributed by atoms with Crippen molar-refractivity contribution in [1.82, 2.24) is 29.8 Å². The Balaban J connectivity index is 1.57. The number of halogens is 1. The maximum Gasteiger partial charge on any atom is 0.273 e. The predicted molar refractivity (Wildman–Crippen MR) is 150 cm³/mol. The molecule has 0 unspecified atom stereocenters. The Hall–Kier alpha value is -4.09. The van der Waals surface area contributed by atoms with Gasteiger partial charge in [-0.2, -0.15) is 14.9 Å². The summed E-state index contributed by atoms with van der Waals surface area (Å²) >= 11 is 0. The number of anilines is 1. The summed E-state index contributed by atoms with van der Waals surface area (Å²) in [5, 5.41) is 11.9. The Labute approximate surface area is 225 Å². The summed E-state index contributed by atoms with van der Waals surface area (Å²) in [7, 11) is 5.84. The van der Waals surface area contributed by atoms with E-state index in [2.05, 4.69) is 44.3 Å². The van der Waals surface area contributed by atoms with Gasteiger partial charge in [-0.15, -0.1) is 0 Å². The van der Waals surface area contributed by atoms with Crippen LogP contribution in [-0.4, -0.2) is 89.6 Å². The van der Waals surface area contributed by atoms with E-state index in [1.807, 2.05) is 31.1 Å². The summed E-state index contributed by atoms with van der Waals surface area (Å²) in [5.41, 5.74) is 9.10. The van der Waals surface area contributed by atoms with E-state index >= 15 is 4.39 Å². The zero-order valence-corrected chi connectivity index (χ0v) is 22.7. The number of carbonyl (C=O) groups excluding carboxylic acids is 1. The minimum Gasteiger partial charge on any atom is -0.369 e.